The van der Waals surface area contributed by atoms with Gasteiger partial charge in [0.2, 0.25) is 6.41 Å². The molecule has 4 nitrogen and oxygen atoms in total. The number of benzene rings is 1. The van der Waals surface area contributed by atoms with E-state index in [0.29, 0.717) is 5.92 Å². The highest BCUT2D eigenvalue weighted by Gasteiger charge is 2.23. The van der Waals surface area contributed by atoms with Crippen LogP contribution in [0.2, 0.25) is 0 Å². The zero-order chi connectivity index (χ0) is 13.0. The van der Waals surface area contributed by atoms with Crippen LogP contribution in [0.3, 0.4) is 0 Å². The summed E-state index contributed by atoms with van der Waals surface area (Å²) in [5.41, 5.74) is 1.85. The lowest BCUT2D eigenvalue weighted by Gasteiger charge is -2.30. The van der Waals surface area contributed by atoms with Crippen LogP contribution in [0.4, 0.5) is 0 Å². The summed E-state index contributed by atoms with van der Waals surface area (Å²) in [6.07, 6.45) is 2.75. The molecule has 2 rings (SSSR count). The van der Waals surface area contributed by atoms with Gasteiger partial charge < -0.3 is 10.2 Å². The third-order valence-electron chi connectivity index (χ3n) is 3.55. The highest BCUT2D eigenvalue weighted by atomic mass is 16.1. The number of rotatable bonds is 3. The van der Waals surface area contributed by atoms with Crippen LogP contribution < -0.4 is 5.32 Å². The lowest BCUT2D eigenvalue weighted by atomic mass is 9.86. The van der Waals surface area contributed by atoms with E-state index in [4.69, 9.17) is 0 Å². The molecule has 0 aromatic heterocycles. The van der Waals surface area contributed by atoms with Crippen molar-refractivity contribution in [3.8, 4) is 0 Å². The molecule has 1 N–H and O–H groups in total. The smallest absolute Gasteiger partial charge is 0.251 e. The maximum Gasteiger partial charge on any atom is 0.251 e. The van der Waals surface area contributed by atoms with Gasteiger partial charge in [0.15, 0.2) is 0 Å². The predicted octanol–water partition coefficient (Wildman–Crippen LogP) is 1.38. The first-order chi connectivity index (χ1) is 8.76. The zero-order valence-electron chi connectivity index (χ0n) is 10.6. The molecule has 0 saturated carbocycles. The van der Waals surface area contributed by atoms with Gasteiger partial charge in [0, 0.05) is 25.7 Å². The number of likely N-dealkylation sites (tertiary alicyclic amines) is 1. The van der Waals surface area contributed by atoms with Crippen LogP contribution in [0.1, 0.15) is 34.7 Å². The summed E-state index contributed by atoms with van der Waals surface area (Å²) in [6.45, 7) is 1.55. The molecule has 18 heavy (non-hydrogen) atoms. The largest absolute Gasteiger partial charge is 0.355 e. The minimum absolute atomic E-state index is 0.0385. The fourth-order valence-corrected chi connectivity index (χ4v) is 2.51. The first-order valence-electron chi connectivity index (χ1n) is 6.26. The van der Waals surface area contributed by atoms with E-state index in [1.807, 2.05) is 24.3 Å². The summed E-state index contributed by atoms with van der Waals surface area (Å²) in [5, 5.41) is 2.68. The number of hydrogen-bond acceptors (Lipinski definition) is 2. The fraction of sp³-hybridized carbons (Fsp3) is 0.429. The molecule has 1 saturated heterocycles. The third-order valence-corrected chi connectivity index (χ3v) is 3.55. The quantitative estimate of drug-likeness (QED) is 0.819. The molecular formula is C14H18N2O2. The average molecular weight is 246 g/mol. The average Bonchev–Trinajstić information content (AvgIpc) is 2.46. The highest BCUT2D eigenvalue weighted by molar-refractivity contribution is 5.95. The molecule has 1 aliphatic heterocycles. The van der Waals surface area contributed by atoms with Crippen molar-refractivity contribution < 1.29 is 9.59 Å². The van der Waals surface area contributed by atoms with Crippen LogP contribution in [0.25, 0.3) is 0 Å². The summed E-state index contributed by atoms with van der Waals surface area (Å²) >= 11 is 0. The second-order valence-electron chi connectivity index (χ2n) is 4.58. The summed E-state index contributed by atoms with van der Waals surface area (Å²) < 4.78 is 0. The van der Waals surface area contributed by atoms with Crippen molar-refractivity contribution in [1.82, 2.24) is 10.2 Å². The molecular weight excluding hydrogens is 228 g/mol. The standard InChI is InChI=1S/C14H18N2O2/c1-15-14(18)13-5-3-2-4-12(13)11-6-8-16(10-17)9-7-11/h2-5,10-11H,6-9H2,1H3,(H,15,18). The van der Waals surface area contributed by atoms with Gasteiger partial charge in [-0.25, -0.2) is 0 Å². The van der Waals surface area contributed by atoms with Crippen molar-refractivity contribution in [2.24, 2.45) is 0 Å². The van der Waals surface area contributed by atoms with Crippen LogP contribution in [-0.4, -0.2) is 37.4 Å². The highest BCUT2D eigenvalue weighted by Crippen LogP contribution is 2.29. The lowest BCUT2D eigenvalue weighted by molar-refractivity contribution is -0.119. The van der Waals surface area contributed by atoms with E-state index >= 15 is 0 Å². The van der Waals surface area contributed by atoms with Crippen molar-refractivity contribution in [3.63, 3.8) is 0 Å². The van der Waals surface area contributed by atoms with Gasteiger partial charge in [-0.3, -0.25) is 9.59 Å². The van der Waals surface area contributed by atoms with Crippen LogP contribution in [0.5, 0.6) is 0 Å². The number of carbonyl (C=O) groups excluding carboxylic acids is 2. The summed E-state index contributed by atoms with van der Waals surface area (Å²) in [4.78, 5) is 24.3. The van der Waals surface area contributed by atoms with Crippen LogP contribution >= 0.6 is 0 Å². The van der Waals surface area contributed by atoms with Crippen molar-refractivity contribution in [2.75, 3.05) is 20.1 Å². The number of amides is 2. The summed E-state index contributed by atoms with van der Waals surface area (Å²) in [6, 6.07) is 7.73. The Hall–Kier alpha value is -1.84. The molecule has 0 bridgehead atoms. The molecule has 0 aliphatic carbocycles. The first kappa shape index (κ1) is 12.6. The Kier molecular flexibility index (Phi) is 3.97. The third kappa shape index (κ3) is 2.53. The Labute approximate surface area is 107 Å². The van der Waals surface area contributed by atoms with Gasteiger partial charge in [-0.2, -0.15) is 0 Å². The molecule has 0 spiro atoms. The molecule has 0 radical (unpaired) electrons. The molecule has 4 heteroatoms. The van der Waals surface area contributed by atoms with E-state index in [1.165, 1.54) is 0 Å². The van der Waals surface area contributed by atoms with E-state index in [0.717, 1.165) is 43.5 Å². The van der Waals surface area contributed by atoms with Crippen molar-refractivity contribution in [3.05, 3.63) is 35.4 Å². The second kappa shape index (κ2) is 5.67. The first-order valence-corrected chi connectivity index (χ1v) is 6.26. The van der Waals surface area contributed by atoms with Crippen molar-refractivity contribution in [2.45, 2.75) is 18.8 Å². The van der Waals surface area contributed by atoms with Gasteiger partial charge in [0.05, 0.1) is 0 Å². The van der Waals surface area contributed by atoms with Gasteiger partial charge in [-0.05, 0) is 30.4 Å². The van der Waals surface area contributed by atoms with E-state index in [1.54, 1.807) is 11.9 Å². The van der Waals surface area contributed by atoms with E-state index in [9.17, 15) is 9.59 Å². The second-order valence-corrected chi connectivity index (χ2v) is 4.58. The van der Waals surface area contributed by atoms with Crippen LogP contribution in [-0.2, 0) is 4.79 Å². The Morgan fingerprint density at radius 2 is 2.00 bits per heavy atom. The Balaban J connectivity index is 2.18. The number of carbonyl (C=O) groups is 2. The van der Waals surface area contributed by atoms with E-state index < -0.39 is 0 Å². The minimum atomic E-state index is -0.0385. The molecule has 0 unspecified atom stereocenters. The number of nitrogens with one attached hydrogen (secondary N) is 1. The van der Waals surface area contributed by atoms with Gasteiger partial charge in [0.1, 0.15) is 0 Å². The maximum atomic E-state index is 11.8. The van der Waals surface area contributed by atoms with Gasteiger partial charge in [-0.1, -0.05) is 18.2 Å². The summed E-state index contributed by atoms with van der Waals surface area (Å²) in [5.74, 6) is 0.332. The van der Waals surface area contributed by atoms with Gasteiger partial charge >= 0.3 is 0 Å². The molecule has 1 aromatic carbocycles. The number of piperidine rings is 1. The normalized spacial score (nSPS) is 16.4. The van der Waals surface area contributed by atoms with Crippen LogP contribution in [0.15, 0.2) is 24.3 Å². The van der Waals surface area contributed by atoms with Gasteiger partial charge in [0.25, 0.3) is 5.91 Å². The Morgan fingerprint density at radius 1 is 1.33 bits per heavy atom. The molecule has 2 amide bonds. The lowest BCUT2D eigenvalue weighted by Crippen LogP contribution is -2.32. The Morgan fingerprint density at radius 3 is 2.61 bits per heavy atom. The molecule has 1 heterocycles. The van der Waals surface area contributed by atoms with Crippen molar-refractivity contribution in [1.29, 1.82) is 0 Å². The zero-order valence-corrected chi connectivity index (χ0v) is 10.6. The number of hydrogen-bond donors (Lipinski definition) is 1. The molecule has 0 atom stereocenters. The maximum absolute atomic E-state index is 11.8. The molecule has 1 aromatic rings. The molecule has 1 fully saturated rings. The van der Waals surface area contributed by atoms with Gasteiger partial charge in [-0.15, -0.1) is 0 Å². The van der Waals surface area contributed by atoms with Crippen molar-refractivity contribution >= 4 is 12.3 Å². The van der Waals surface area contributed by atoms with E-state index in [2.05, 4.69) is 5.32 Å². The monoisotopic (exact) mass is 246 g/mol. The van der Waals surface area contributed by atoms with Crippen LogP contribution in [0, 0.1) is 0 Å². The predicted molar refractivity (Wildman–Crippen MR) is 69.4 cm³/mol. The molecule has 1 aliphatic rings. The van der Waals surface area contributed by atoms with E-state index in [-0.39, 0.29) is 5.91 Å². The minimum Gasteiger partial charge on any atom is -0.355 e. The Bertz CT molecular complexity index is 437. The summed E-state index contributed by atoms with van der Waals surface area (Å²) in [7, 11) is 1.65. The molecule has 96 valence electrons. The topological polar surface area (TPSA) is 49.4 Å². The fourth-order valence-electron chi connectivity index (χ4n) is 2.51. The number of nitrogens with zero attached hydrogens (tertiary/aromatic N) is 1. The SMILES string of the molecule is CNC(=O)c1ccccc1C1CCN(C=O)CC1.